The van der Waals surface area contributed by atoms with E-state index in [1.807, 2.05) is 0 Å². The van der Waals surface area contributed by atoms with Crippen LogP contribution in [0.4, 0.5) is 0 Å². The van der Waals surface area contributed by atoms with Crippen molar-refractivity contribution in [2.45, 2.75) is 13.3 Å². The van der Waals surface area contributed by atoms with E-state index in [2.05, 4.69) is 4.18 Å². The molecule has 0 aliphatic heterocycles. The summed E-state index contributed by atoms with van der Waals surface area (Å²) in [4.78, 5) is 10.4. The molecule has 0 aromatic heterocycles. The molecule has 0 atom stereocenters. The summed E-state index contributed by atoms with van der Waals surface area (Å²) >= 11 is 1.12. The van der Waals surface area contributed by atoms with Crippen molar-refractivity contribution >= 4 is 27.0 Å². The maximum absolute atomic E-state index is 10.7. The lowest BCUT2D eigenvalue weighted by Crippen LogP contribution is -2.08. The third-order valence-corrected chi connectivity index (χ3v) is 3.29. The van der Waals surface area contributed by atoms with E-state index in [9.17, 15) is 13.2 Å². The molecule has 0 N–H and O–H groups in total. The zero-order valence-corrected chi connectivity index (χ0v) is 8.70. The summed E-state index contributed by atoms with van der Waals surface area (Å²) in [7, 11) is -2.21. The second-order valence-corrected chi connectivity index (χ2v) is 5.25. The summed E-state index contributed by atoms with van der Waals surface area (Å²) in [6.45, 7) is 1.45. The Hall–Kier alpha value is -0.0700. The topological polar surface area (TPSA) is 60.4 Å². The van der Waals surface area contributed by atoms with E-state index >= 15 is 0 Å². The molecule has 0 rings (SSSR count). The quantitative estimate of drug-likeness (QED) is 0.494. The van der Waals surface area contributed by atoms with E-state index in [0.717, 1.165) is 18.9 Å². The van der Waals surface area contributed by atoms with Crippen LogP contribution in [0.5, 0.6) is 0 Å². The van der Waals surface area contributed by atoms with Crippen LogP contribution in [-0.2, 0) is 19.1 Å². The Morgan fingerprint density at radius 1 is 1.50 bits per heavy atom. The van der Waals surface area contributed by atoms with Crippen LogP contribution < -0.4 is 0 Å². The van der Waals surface area contributed by atoms with Gasteiger partial charge in [-0.1, -0.05) is 11.8 Å². The van der Waals surface area contributed by atoms with Gasteiger partial charge >= 0.3 is 0 Å². The van der Waals surface area contributed by atoms with Crippen LogP contribution in [0.1, 0.15) is 13.3 Å². The van der Waals surface area contributed by atoms with Crippen LogP contribution in [-0.4, -0.2) is 32.1 Å². The van der Waals surface area contributed by atoms with E-state index in [0.29, 0.717) is 12.2 Å². The van der Waals surface area contributed by atoms with Gasteiger partial charge in [0, 0.05) is 12.7 Å². The summed E-state index contributed by atoms with van der Waals surface area (Å²) in [5.41, 5.74) is 0. The van der Waals surface area contributed by atoms with Gasteiger partial charge in [0.1, 0.15) is 0 Å². The van der Waals surface area contributed by atoms with Gasteiger partial charge in [-0.15, -0.1) is 0 Å². The van der Waals surface area contributed by atoms with Gasteiger partial charge in [0.2, 0.25) is 0 Å². The first-order chi connectivity index (χ1) is 5.48. The lowest BCUT2D eigenvalue weighted by Gasteiger charge is -1.99. The molecular formula is C6H12O4S2. The summed E-state index contributed by atoms with van der Waals surface area (Å²) in [6.07, 6.45) is 0.445. The number of thioether (sulfide) groups is 1. The minimum Gasteiger partial charge on any atom is -0.288 e. The first-order valence-corrected chi connectivity index (χ1v) is 5.96. The minimum atomic E-state index is -3.34. The standard InChI is InChI=1S/C6H12O4S2/c1-6(7)11-4-3-5-12(8,9)10-2/h3-5H2,1-2H3. The van der Waals surface area contributed by atoms with Crippen molar-refractivity contribution in [3.05, 3.63) is 0 Å². The predicted molar refractivity (Wildman–Crippen MR) is 48.6 cm³/mol. The maximum atomic E-state index is 10.7. The second kappa shape index (κ2) is 5.55. The molecule has 0 aromatic rings. The molecule has 0 bridgehead atoms. The molecule has 0 amide bonds. The van der Waals surface area contributed by atoms with E-state index in [4.69, 9.17) is 0 Å². The average molecular weight is 212 g/mol. The summed E-state index contributed by atoms with van der Waals surface area (Å²) < 4.78 is 25.7. The van der Waals surface area contributed by atoms with Gasteiger partial charge in [0.15, 0.2) is 5.12 Å². The third-order valence-electron chi connectivity index (χ3n) is 1.10. The molecule has 6 heteroatoms. The highest BCUT2D eigenvalue weighted by molar-refractivity contribution is 8.13. The molecule has 0 unspecified atom stereocenters. The largest absolute Gasteiger partial charge is 0.288 e. The lowest BCUT2D eigenvalue weighted by molar-refractivity contribution is -0.109. The minimum absolute atomic E-state index is 0.00446. The Balaban J connectivity index is 3.51. The van der Waals surface area contributed by atoms with Gasteiger partial charge in [-0.3, -0.25) is 8.98 Å². The molecule has 72 valence electrons. The molecule has 0 saturated carbocycles. The van der Waals surface area contributed by atoms with Crippen molar-refractivity contribution in [1.82, 2.24) is 0 Å². The van der Waals surface area contributed by atoms with Crippen LogP contribution in [0.25, 0.3) is 0 Å². The Bertz CT molecular complexity index is 232. The zero-order valence-electron chi connectivity index (χ0n) is 7.07. The van der Waals surface area contributed by atoms with Gasteiger partial charge in [-0.05, 0) is 6.42 Å². The highest BCUT2D eigenvalue weighted by Gasteiger charge is 2.07. The maximum Gasteiger partial charge on any atom is 0.267 e. The van der Waals surface area contributed by atoms with E-state index in [-0.39, 0.29) is 10.9 Å². The fourth-order valence-corrected chi connectivity index (χ4v) is 1.96. The summed E-state index contributed by atoms with van der Waals surface area (Å²) in [6, 6.07) is 0. The highest BCUT2D eigenvalue weighted by Crippen LogP contribution is 2.04. The van der Waals surface area contributed by atoms with Crippen molar-refractivity contribution in [1.29, 1.82) is 0 Å². The number of hydrogen-bond acceptors (Lipinski definition) is 5. The zero-order chi connectivity index (χ0) is 9.61. The fourth-order valence-electron chi connectivity index (χ4n) is 0.535. The van der Waals surface area contributed by atoms with E-state index in [1.54, 1.807) is 0 Å². The van der Waals surface area contributed by atoms with Crippen LogP contribution in [0.15, 0.2) is 0 Å². The molecule has 0 aliphatic rings. The lowest BCUT2D eigenvalue weighted by atomic mass is 10.6. The molecule has 12 heavy (non-hydrogen) atoms. The molecule has 0 radical (unpaired) electrons. The molecule has 0 saturated heterocycles. The van der Waals surface area contributed by atoms with Crippen LogP contribution >= 0.6 is 11.8 Å². The molecule has 4 nitrogen and oxygen atoms in total. The number of carbonyl (C=O) groups excluding carboxylic acids is 1. The Labute approximate surface area is 76.8 Å². The fraction of sp³-hybridized carbons (Fsp3) is 0.833. The Kier molecular flexibility index (Phi) is 5.52. The van der Waals surface area contributed by atoms with Crippen LogP contribution in [0, 0.1) is 0 Å². The molecular weight excluding hydrogens is 200 g/mol. The number of carbonyl (C=O) groups is 1. The molecule has 0 aliphatic carbocycles. The summed E-state index contributed by atoms with van der Waals surface area (Å²) in [5, 5.41) is 0.00446. The third kappa shape index (κ3) is 6.63. The second-order valence-electron chi connectivity index (χ2n) is 2.12. The first kappa shape index (κ1) is 11.9. The van der Waals surface area contributed by atoms with Crippen molar-refractivity contribution < 1.29 is 17.4 Å². The van der Waals surface area contributed by atoms with E-state index in [1.165, 1.54) is 6.92 Å². The first-order valence-electron chi connectivity index (χ1n) is 3.39. The molecule has 0 fully saturated rings. The van der Waals surface area contributed by atoms with Crippen LogP contribution in [0.3, 0.4) is 0 Å². The van der Waals surface area contributed by atoms with Crippen molar-refractivity contribution in [3.8, 4) is 0 Å². The summed E-state index contributed by atoms with van der Waals surface area (Å²) in [5.74, 6) is 0.502. The Morgan fingerprint density at radius 2 is 2.08 bits per heavy atom. The normalized spacial score (nSPS) is 11.5. The van der Waals surface area contributed by atoms with Gasteiger partial charge in [-0.25, -0.2) is 0 Å². The molecule has 0 heterocycles. The van der Waals surface area contributed by atoms with Crippen molar-refractivity contribution in [3.63, 3.8) is 0 Å². The van der Waals surface area contributed by atoms with Gasteiger partial charge in [0.25, 0.3) is 10.1 Å². The number of hydrogen-bond donors (Lipinski definition) is 0. The SMILES string of the molecule is COS(=O)(=O)CCCSC(C)=O. The van der Waals surface area contributed by atoms with Gasteiger partial charge in [0.05, 0.1) is 12.9 Å². The van der Waals surface area contributed by atoms with Gasteiger partial charge in [-0.2, -0.15) is 8.42 Å². The van der Waals surface area contributed by atoms with Crippen molar-refractivity contribution in [2.75, 3.05) is 18.6 Å². The molecule has 0 aromatic carbocycles. The highest BCUT2D eigenvalue weighted by atomic mass is 32.2. The molecule has 0 spiro atoms. The number of rotatable bonds is 5. The average Bonchev–Trinajstić information content (AvgIpc) is 1.98. The monoisotopic (exact) mass is 212 g/mol. The van der Waals surface area contributed by atoms with Crippen LogP contribution in [0.2, 0.25) is 0 Å². The van der Waals surface area contributed by atoms with Gasteiger partial charge < -0.3 is 0 Å². The van der Waals surface area contributed by atoms with Crippen molar-refractivity contribution in [2.24, 2.45) is 0 Å². The Morgan fingerprint density at radius 3 is 2.50 bits per heavy atom. The van der Waals surface area contributed by atoms with E-state index < -0.39 is 10.1 Å². The smallest absolute Gasteiger partial charge is 0.267 e. The predicted octanol–water partition coefficient (Wildman–Crippen LogP) is 0.632.